The van der Waals surface area contributed by atoms with E-state index in [0.29, 0.717) is 48.0 Å². The fraction of sp³-hybridized carbons (Fsp3) is 0.655. The fourth-order valence-electron chi connectivity index (χ4n) is 4.20. The maximum Gasteiger partial charge on any atom is 0.308 e. The standard InChI is InChI=1S/C29H44BrN3O5S/c1-4-5-6-7-8-9-10-11-17-38-26(34)20-24-28(36)31-15-16-33(24)29(39)32-27(35)22-12-13-25(23(30)19-22)37-18-14-21(2)3/h12-13,19,21,24H,4-11,14-18,20H2,1-3H3,(H,31,36)(H,32,35,39). The van der Waals surface area contributed by atoms with Gasteiger partial charge in [-0.1, -0.05) is 65.7 Å². The van der Waals surface area contributed by atoms with Crippen LogP contribution in [0.25, 0.3) is 0 Å². The van der Waals surface area contributed by atoms with E-state index >= 15 is 0 Å². The quantitative estimate of drug-likeness (QED) is 0.137. The first-order valence-electron chi connectivity index (χ1n) is 14.2. The molecule has 2 amide bonds. The summed E-state index contributed by atoms with van der Waals surface area (Å²) in [5.74, 6) is 0.0281. The number of carbonyl (C=O) groups excluding carboxylic acids is 3. The molecule has 0 aliphatic carbocycles. The molecule has 1 unspecified atom stereocenters. The van der Waals surface area contributed by atoms with E-state index in [4.69, 9.17) is 21.7 Å². The third-order valence-electron chi connectivity index (χ3n) is 6.58. The van der Waals surface area contributed by atoms with Crippen molar-refractivity contribution in [2.24, 2.45) is 5.92 Å². The molecule has 1 aliphatic rings. The van der Waals surface area contributed by atoms with Crippen LogP contribution in [-0.2, 0) is 14.3 Å². The molecular weight excluding hydrogens is 582 g/mol. The number of thiocarbonyl (C=S) groups is 1. The van der Waals surface area contributed by atoms with E-state index in [-0.39, 0.29) is 17.4 Å². The van der Waals surface area contributed by atoms with Gasteiger partial charge in [0, 0.05) is 18.7 Å². The Bertz CT molecular complexity index is 959. The molecule has 1 aliphatic heterocycles. The molecule has 1 aromatic rings. The van der Waals surface area contributed by atoms with Gasteiger partial charge in [0.2, 0.25) is 5.91 Å². The zero-order valence-corrected chi connectivity index (χ0v) is 26.0. The highest BCUT2D eigenvalue weighted by molar-refractivity contribution is 9.10. The maximum atomic E-state index is 12.9. The number of rotatable bonds is 16. The van der Waals surface area contributed by atoms with Gasteiger partial charge >= 0.3 is 5.97 Å². The lowest BCUT2D eigenvalue weighted by atomic mass is 10.1. The number of esters is 1. The molecule has 1 fully saturated rings. The van der Waals surface area contributed by atoms with Gasteiger partial charge in [0.05, 0.1) is 24.1 Å². The third kappa shape index (κ3) is 12.2. The summed E-state index contributed by atoms with van der Waals surface area (Å²) in [6.45, 7) is 8.15. The van der Waals surface area contributed by atoms with Crippen molar-refractivity contribution in [3.05, 3.63) is 28.2 Å². The molecule has 8 nitrogen and oxygen atoms in total. The number of hydrogen-bond acceptors (Lipinski definition) is 6. The summed E-state index contributed by atoms with van der Waals surface area (Å²) >= 11 is 8.94. The molecule has 0 radical (unpaired) electrons. The van der Waals surface area contributed by atoms with Crippen LogP contribution in [0.3, 0.4) is 0 Å². The fourth-order valence-corrected chi connectivity index (χ4v) is 5.01. The van der Waals surface area contributed by atoms with Crippen LogP contribution in [0.2, 0.25) is 0 Å². The number of amides is 2. The minimum Gasteiger partial charge on any atom is -0.492 e. The monoisotopic (exact) mass is 625 g/mol. The highest BCUT2D eigenvalue weighted by Crippen LogP contribution is 2.26. The Labute approximate surface area is 247 Å². The number of hydrogen-bond donors (Lipinski definition) is 2. The van der Waals surface area contributed by atoms with Crippen molar-refractivity contribution >= 4 is 51.0 Å². The zero-order chi connectivity index (χ0) is 28.6. The molecule has 1 aromatic carbocycles. The van der Waals surface area contributed by atoms with Crippen molar-refractivity contribution in [2.75, 3.05) is 26.3 Å². The van der Waals surface area contributed by atoms with Crippen molar-refractivity contribution in [1.29, 1.82) is 0 Å². The molecular formula is C29H44BrN3O5S. The van der Waals surface area contributed by atoms with E-state index in [1.807, 2.05) is 0 Å². The van der Waals surface area contributed by atoms with E-state index in [2.05, 4.69) is 47.3 Å². The summed E-state index contributed by atoms with van der Waals surface area (Å²) in [7, 11) is 0. The number of unbranched alkanes of at least 4 members (excludes halogenated alkanes) is 7. The summed E-state index contributed by atoms with van der Waals surface area (Å²) in [6.07, 6.45) is 10.0. The van der Waals surface area contributed by atoms with E-state index in [0.717, 1.165) is 25.7 Å². The smallest absolute Gasteiger partial charge is 0.308 e. The van der Waals surface area contributed by atoms with Gasteiger partial charge in [-0.25, -0.2) is 0 Å². The molecule has 2 N–H and O–H groups in total. The van der Waals surface area contributed by atoms with Gasteiger partial charge in [0.1, 0.15) is 11.8 Å². The van der Waals surface area contributed by atoms with E-state index < -0.39 is 17.9 Å². The maximum absolute atomic E-state index is 12.9. The molecule has 39 heavy (non-hydrogen) atoms. The predicted octanol–water partition coefficient (Wildman–Crippen LogP) is 5.76. The number of halogens is 1. The number of nitrogens with one attached hydrogen (secondary N) is 2. The van der Waals surface area contributed by atoms with Crippen LogP contribution in [0.4, 0.5) is 0 Å². The first-order valence-corrected chi connectivity index (χ1v) is 15.4. The minimum atomic E-state index is -0.832. The lowest BCUT2D eigenvalue weighted by Gasteiger charge is -2.36. The highest BCUT2D eigenvalue weighted by Gasteiger charge is 2.34. The summed E-state index contributed by atoms with van der Waals surface area (Å²) in [4.78, 5) is 39.5. The number of ether oxygens (including phenoxy) is 2. The summed E-state index contributed by atoms with van der Waals surface area (Å²) < 4.78 is 11.8. The van der Waals surface area contributed by atoms with Crippen LogP contribution < -0.4 is 15.4 Å². The molecule has 10 heteroatoms. The molecule has 0 bridgehead atoms. The van der Waals surface area contributed by atoms with Crippen molar-refractivity contribution in [3.8, 4) is 5.75 Å². The van der Waals surface area contributed by atoms with Crippen molar-refractivity contribution in [1.82, 2.24) is 15.5 Å². The van der Waals surface area contributed by atoms with Crippen LogP contribution >= 0.6 is 28.1 Å². The van der Waals surface area contributed by atoms with Crippen LogP contribution in [0, 0.1) is 5.92 Å². The summed E-state index contributed by atoms with van der Waals surface area (Å²) in [5.41, 5.74) is 0.392. The van der Waals surface area contributed by atoms with Crippen LogP contribution in [0.5, 0.6) is 5.75 Å². The van der Waals surface area contributed by atoms with Gasteiger partial charge in [0.15, 0.2) is 5.11 Å². The zero-order valence-electron chi connectivity index (χ0n) is 23.6. The SMILES string of the molecule is CCCCCCCCCCOC(=O)CC1C(=O)NCCN1C(=S)NC(=O)c1ccc(OCCC(C)C)c(Br)c1. The topological polar surface area (TPSA) is 97.0 Å². The Morgan fingerprint density at radius 2 is 1.82 bits per heavy atom. The second kappa shape index (κ2) is 18.2. The van der Waals surface area contributed by atoms with E-state index in [1.54, 1.807) is 23.1 Å². The Kier molecular flexibility index (Phi) is 15.4. The normalized spacial score (nSPS) is 15.2. The van der Waals surface area contributed by atoms with Gasteiger partial charge < -0.3 is 19.7 Å². The summed E-state index contributed by atoms with van der Waals surface area (Å²) in [5, 5.41) is 5.57. The Balaban J connectivity index is 1.83. The first kappa shape index (κ1) is 33.0. The second-order valence-corrected chi connectivity index (χ2v) is 11.6. The molecule has 1 atom stereocenters. The Hall–Kier alpha value is -2.20. The molecule has 1 heterocycles. The highest BCUT2D eigenvalue weighted by atomic mass is 79.9. The molecule has 218 valence electrons. The van der Waals surface area contributed by atoms with Gasteiger partial charge in [-0.2, -0.15) is 0 Å². The minimum absolute atomic E-state index is 0.101. The summed E-state index contributed by atoms with van der Waals surface area (Å²) in [6, 6.07) is 4.24. The van der Waals surface area contributed by atoms with Crippen molar-refractivity contribution < 1.29 is 23.9 Å². The van der Waals surface area contributed by atoms with Gasteiger partial charge in [-0.3, -0.25) is 19.7 Å². The largest absolute Gasteiger partial charge is 0.492 e. The number of piperazine rings is 1. The average molecular weight is 627 g/mol. The van der Waals surface area contributed by atoms with Crippen LogP contribution in [-0.4, -0.2) is 60.1 Å². The number of nitrogens with zero attached hydrogens (tertiary/aromatic N) is 1. The molecule has 0 saturated carbocycles. The molecule has 0 spiro atoms. The second-order valence-electron chi connectivity index (χ2n) is 10.3. The predicted molar refractivity (Wildman–Crippen MR) is 161 cm³/mol. The molecule has 1 saturated heterocycles. The number of benzene rings is 1. The van der Waals surface area contributed by atoms with Crippen molar-refractivity contribution in [2.45, 2.75) is 91.0 Å². The average Bonchev–Trinajstić information content (AvgIpc) is 2.89. The molecule has 2 rings (SSSR count). The third-order valence-corrected chi connectivity index (χ3v) is 7.54. The lowest BCUT2D eigenvalue weighted by Crippen LogP contribution is -2.60. The van der Waals surface area contributed by atoms with E-state index in [1.165, 1.54) is 32.1 Å². The molecule has 0 aromatic heterocycles. The van der Waals surface area contributed by atoms with Crippen LogP contribution in [0.15, 0.2) is 22.7 Å². The lowest BCUT2D eigenvalue weighted by molar-refractivity contribution is -0.147. The van der Waals surface area contributed by atoms with Crippen LogP contribution in [0.1, 0.15) is 95.3 Å². The Morgan fingerprint density at radius 3 is 2.49 bits per heavy atom. The van der Waals surface area contributed by atoms with Crippen molar-refractivity contribution in [3.63, 3.8) is 0 Å². The Morgan fingerprint density at radius 1 is 1.13 bits per heavy atom. The van der Waals surface area contributed by atoms with E-state index in [9.17, 15) is 14.4 Å². The first-order chi connectivity index (χ1) is 18.7. The number of carbonyl (C=O) groups is 3. The van der Waals surface area contributed by atoms with Gasteiger partial charge in [0.25, 0.3) is 5.91 Å². The van der Waals surface area contributed by atoms with Gasteiger partial charge in [-0.15, -0.1) is 0 Å². The van der Waals surface area contributed by atoms with Gasteiger partial charge in [-0.05, 0) is 65.1 Å².